The van der Waals surface area contributed by atoms with Gasteiger partial charge in [-0.25, -0.2) is 4.98 Å². The molecule has 0 aromatic carbocycles. The number of amides is 1. The van der Waals surface area contributed by atoms with Gasteiger partial charge in [-0.2, -0.15) is 13.2 Å². The Morgan fingerprint density at radius 1 is 1.12 bits per heavy atom. The highest BCUT2D eigenvalue weighted by atomic mass is 19.4. The highest BCUT2D eigenvalue weighted by molar-refractivity contribution is 5.92. The number of rotatable bonds is 4. The van der Waals surface area contributed by atoms with E-state index in [-0.39, 0.29) is 18.4 Å². The van der Waals surface area contributed by atoms with Crippen LogP contribution in [0, 0.1) is 5.92 Å². The van der Waals surface area contributed by atoms with E-state index in [9.17, 15) is 18.0 Å². The maximum atomic E-state index is 12.9. The van der Waals surface area contributed by atoms with Gasteiger partial charge in [0, 0.05) is 25.5 Å². The van der Waals surface area contributed by atoms with Crippen LogP contribution in [0.15, 0.2) is 42.7 Å². The van der Waals surface area contributed by atoms with Gasteiger partial charge in [-0.1, -0.05) is 6.07 Å². The molecule has 0 bridgehead atoms. The van der Waals surface area contributed by atoms with Gasteiger partial charge in [-0.05, 0) is 43.0 Å². The number of nitrogens with zero attached hydrogens (tertiary/aromatic N) is 3. The highest BCUT2D eigenvalue weighted by Crippen LogP contribution is 2.35. The van der Waals surface area contributed by atoms with Crippen molar-refractivity contribution in [2.24, 2.45) is 5.92 Å². The van der Waals surface area contributed by atoms with Crippen LogP contribution in [0.4, 0.5) is 13.2 Å². The smallest absolute Gasteiger partial charge is 0.421 e. The van der Waals surface area contributed by atoms with E-state index in [0.717, 1.165) is 6.07 Å². The SMILES string of the molecule is O=C(c1ccccn1)N1CCC(COc2ncccc2C(F)(F)F)CC1. The van der Waals surface area contributed by atoms with Crippen molar-refractivity contribution < 1.29 is 22.7 Å². The Hall–Kier alpha value is -2.64. The van der Waals surface area contributed by atoms with E-state index >= 15 is 0 Å². The van der Waals surface area contributed by atoms with Crippen molar-refractivity contribution in [1.82, 2.24) is 14.9 Å². The van der Waals surface area contributed by atoms with Crippen molar-refractivity contribution in [2.45, 2.75) is 19.0 Å². The lowest BCUT2D eigenvalue weighted by molar-refractivity contribution is -0.139. The van der Waals surface area contributed by atoms with Gasteiger partial charge >= 0.3 is 6.18 Å². The molecular formula is C18H18F3N3O2. The first-order valence-corrected chi connectivity index (χ1v) is 8.30. The summed E-state index contributed by atoms with van der Waals surface area (Å²) in [5, 5.41) is 0. The second-order valence-electron chi connectivity index (χ2n) is 6.12. The minimum Gasteiger partial charge on any atom is -0.477 e. The fourth-order valence-corrected chi connectivity index (χ4v) is 2.87. The average molecular weight is 365 g/mol. The summed E-state index contributed by atoms with van der Waals surface area (Å²) in [4.78, 5) is 21.8. The Kier molecular flexibility index (Phi) is 5.39. The molecule has 138 valence electrons. The Morgan fingerprint density at radius 3 is 2.50 bits per heavy atom. The van der Waals surface area contributed by atoms with Crippen molar-refractivity contribution in [3.8, 4) is 5.88 Å². The van der Waals surface area contributed by atoms with Crippen LogP contribution in [0.25, 0.3) is 0 Å². The molecule has 0 atom stereocenters. The van der Waals surface area contributed by atoms with Gasteiger partial charge < -0.3 is 9.64 Å². The number of alkyl halides is 3. The van der Waals surface area contributed by atoms with Crippen molar-refractivity contribution >= 4 is 5.91 Å². The standard InChI is InChI=1S/C18H18F3N3O2/c19-18(20,21)14-4-3-9-23-16(14)26-12-13-6-10-24(11-7-13)17(25)15-5-1-2-8-22-15/h1-5,8-9,13H,6-7,10-12H2. The first kappa shape index (κ1) is 18.2. The van der Waals surface area contributed by atoms with Crippen LogP contribution in [0.3, 0.4) is 0 Å². The van der Waals surface area contributed by atoms with Crippen LogP contribution in [-0.2, 0) is 6.18 Å². The van der Waals surface area contributed by atoms with Crippen LogP contribution in [0.1, 0.15) is 28.9 Å². The Bertz CT molecular complexity index is 745. The predicted molar refractivity (Wildman–Crippen MR) is 87.6 cm³/mol. The number of carbonyl (C=O) groups is 1. The molecule has 0 saturated carbocycles. The second-order valence-corrected chi connectivity index (χ2v) is 6.12. The predicted octanol–water partition coefficient (Wildman–Crippen LogP) is 3.43. The van der Waals surface area contributed by atoms with Crippen LogP contribution in [0.5, 0.6) is 5.88 Å². The van der Waals surface area contributed by atoms with Gasteiger partial charge in [-0.15, -0.1) is 0 Å². The molecule has 0 unspecified atom stereocenters. The number of aromatic nitrogens is 2. The Balaban J connectivity index is 1.53. The molecule has 1 fully saturated rings. The molecular weight excluding hydrogens is 347 g/mol. The van der Waals surface area contributed by atoms with Gasteiger partial charge in [0.05, 0.1) is 6.61 Å². The summed E-state index contributed by atoms with van der Waals surface area (Å²) in [7, 11) is 0. The first-order valence-electron chi connectivity index (χ1n) is 8.30. The summed E-state index contributed by atoms with van der Waals surface area (Å²) in [5.41, 5.74) is -0.478. The molecule has 2 aromatic heterocycles. The molecule has 0 radical (unpaired) electrons. The molecule has 0 aliphatic carbocycles. The van der Waals surface area contributed by atoms with E-state index in [0.29, 0.717) is 31.6 Å². The van der Waals surface area contributed by atoms with Crippen molar-refractivity contribution in [2.75, 3.05) is 19.7 Å². The normalized spacial score (nSPS) is 15.7. The van der Waals surface area contributed by atoms with Crippen molar-refractivity contribution in [3.63, 3.8) is 0 Å². The number of pyridine rings is 2. The van der Waals surface area contributed by atoms with E-state index < -0.39 is 17.6 Å². The largest absolute Gasteiger partial charge is 0.477 e. The van der Waals surface area contributed by atoms with E-state index in [1.54, 1.807) is 29.3 Å². The molecule has 5 nitrogen and oxygen atoms in total. The van der Waals surface area contributed by atoms with E-state index in [4.69, 9.17) is 4.74 Å². The average Bonchev–Trinajstić information content (AvgIpc) is 2.66. The monoisotopic (exact) mass is 365 g/mol. The number of halogens is 3. The fourth-order valence-electron chi connectivity index (χ4n) is 2.87. The summed E-state index contributed by atoms with van der Waals surface area (Å²) in [6, 6.07) is 7.35. The third-order valence-electron chi connectivity index (χ3n) is 4.32. The maximum absolute atomic E-state index is 12.9. The van der Waals surface area contributed by atoms with E-state index in [1.165, 1.54) is 12.3 Å². The third kappa shape index (κ3) is 4.30. The van der Waals surface area contributed by atoms with Gasteiger partial charge in [-0.3, -0.25) is 9.78 Å². The second kappa shape index (κ2) is 7.72. The molecule has 26 heavy (non-hydrogen) atoms. The highest BCUT2D eigenvalue weighted by Gasteiger charge is 2.35. The minimum absolute atomic E-state index is 0.0749. The van der Waals surface area contributed by atoms with Gasteiger partial charge in [0.15, 0.2) is 0 Å². The number of likely N-dealkylation sites (tertiary alicyclic amines) is 1. The molecule has 1 aliphatic rings. The van der Waals surface area contributed by atoms with Crippen LogP contribution in [0.2, 0.25) is 0 Å². The van der Waals surface area contributed by atoms with E-state index in [2.05, 4.69) is 9.97 Å². The molecule has 3 heterocycles. The maximum Gasteiger partial charge on any atom is 0.421 e. The van der Waals surface area contributed by atoms with Crippen molar-refractivity contribution in [1.29, 1.82) is 0 Å². The van der Waals surface area contributed by atoms with E-state index in [1.807, 2.05) is 0 Å². The molecule has 0 spiro atoms. The summed E-state index contributed by atoms with van der Waals surface area (Å²) in [6.45, 7) is 1.20. The number of hydrogen-bond donors (Lipinski definition) is 0. The number of piperidine rings is 1. The third-order valence-corrected chi connectivity index (χ3v) is 4.32. The zero-order chi connectivity index (χ0) is 18.6. The topological polar surface area (TPSA) is 55.3 Å². The molecule has 3 rings (SSSR count). The zero-order valence-corrected chi connectivity index (χ0v) is 13.9. The summed E-state index contributed by atoms with van der Waals surface area (Å²) in [5.74, 6) is -0.452. The lowest BCUT2D eigenvalue weighted by atomic mass is 9.97. The molecule has 1 saturated heterocycles. The summed E-state index contributed by atoms with van der Waals surface area (Å²) >= 11 is 0. The summed E-state index contributed by atoms with van der Waals surface area (Å²) in [6.07, 6.45) is -0.334. The number of hydrogen-bond acceptors (Lipinski definition) is 4. The van der Waals surface area contributed by atoms with Gasteiger partial charge in [0.25, 0.3) is 5.91 Å². The molecule has 1 amide bonds. The first-order chi connectivity index (χ1) is 12.4. The number of ether oxygens (including phenoxy) is 1. The van der Waals surface area contributed by atoms with Crippen molar-refractivity contribution in [3.05, 3.63) is 54.0 Å². The lowest BCUT2D eigenvalue weighted by Gasteiger charge is -2.31. The zero-order valence-electron chi connectivity index (χ0n) is 13.9. The quantitative estimate of drug-likeness (QED) is 0.833. The number of carbonyl (C=O) groups excluding carboxylic acids is 1. The fraction of sp³-hybridized carbons (Fsp3) is 0.389. The lowest BCUT2D eigenvalue weighted by Crippen LogP contribution is -2.40. The molecule has 8 heteroatoms. The van der Waals surface area contributed by atoms with Gasteiger partial charge in [0.2, 0.25) is 5.88 Å². The summed E-state index contributed by atoms with van der Waals surface area (Å²) < 4.78 is 44.2. The molecule has 0 N–H and O–H groups in total. The van der Waals surface area contributed by atoms with Crippen LogP contribution < -0.4 is 4.74 Å². The van der Waals surface area contributed by atoms with Gasteiger partial charge in [0.1, 0.15) is 11.3 Å². The molecule has 2 aromatic rings. The van der Waals surface area contributed by atoms with Crippen LogP contribution >= 0.6 is 0 Å². The Morgan fingerprint density at radius 2 is 1.85 bits per heavy atom. The molecule has 1 aliphatic heterocycles. The van der Waals surface area contributed by atoms with Crippen LogP contribution in [-0.4, -0.2) is 40.5 Å². The Labute approximate surface area is 148 Å². The minimum atomic E-state index is -4.50.